The lowest BCUT2D eigenvalue weighted by Gasteiger charge is -2.16. The lowest BCUT2D eigenvalue weighted by molar-refractivity contribution is -0.147. The Labute approximate surface area is 66.5 Å². The molecule has 0 aromatic rings. The van der Waals surface area contributed by atoms with Gasteiger partial charge < -0.3 is 4.74 Å². The molecule has 0 aromatic heterocycles. The summed E-state index contributed by atoms with van der Waals surface area (Å²) in [4.78, 5) is 10.4. The Bertz CT molecular complexity index is 114. The number of carbonyl (C=O) groups excluding carboxylic acids is 1. The van der Waals surface area contributed by atoms with Crippen LogP contribution in [-0.4, -0.2) is 18.0 Å². The molecule has 0 aliphatic heterocycles. The summed E-state index contributed by atoms with van der Waals surface area (Å²) in [5, 5.41) is 0. The summed E-state index contributed by atoms with van der Waals surface area (Å²) in [7, 11) is 0. The van der Waals surface area contributed by atoms with E-state index in [0.717, 1.165) is 0 Å². The Balaban J connectivity index is 3.61. The van der Waals surface area contributed by atoms with Crippen molar-refractivity contribution in [1.82, 2.24) is 0 Å². The van der Waals surface area contributed by atoms with Gasteiger partial charge in [0.2, 0.25) is 0 Å². The molecule has 2 atom stereocenters. The van der Waals surface area contributed by atoms with Gasteiger partial charge in [-0.15, -0.1) is 11.6 Å². The van der Waals surface area contributed by atoms with Crippen LogP contribution in [0.15, 0.2) is 0 Å². The third-order valence-electron chi connectivity index (χ3n) is 1.40. The lowest BCUT2D eigenvalue weighted by Crippen LogP contribution is -2.21. The van der Waals surface area contributed by atoms with Gasteiger partial charge in [0.1, 0.15) is 6.10 Å². The van der Waals surface area contributed by atoms with E-state index in [9.17, 15) is 4.79 Å². The van der Waals surface area contributed by atoms with Crippen LogP contribution in [0.1, 0.15) is 20.8 Å². The van der Waals surface area contributed by atoms with Crippen molar-refractivity contribution in [2.24, 2.45) is 5.92 Å². The molecule has 3 heteroatoms. The highest BCUT2D eigenvalue weighted by molar-refractivity contribution is 6.18. The summed E-state index contributed by atoms with van der Waals surface area (Å²) in [6, 6.07) is 0. The Hall–Kier alpha value is -0.240. The quantitative estimate of drug-likeness (QED) is 0.470. The third kappa shape index (κ3) is 3.72. The number of rotatable bonds is 3. The summed E-state index contributed by atoms with van der Waals surface area (Å²) < 4.78 is 4.88. The molecule has 0 amide bonds. The summed E-state index contributed by atoms with van der Waals surface area (Å²) in [5.41, 5.74) is 0. The molecule has 0 saturated carbocycles. The highest BCUT2D eigenvalue weighted by Gasteiger charge is 2.12. The number of ether oxygens (including phenoxy) is 1. The standard InChI is InChI=1S/C7H13ClO2/c1-5(4-8)6(2)10-7(3)9/h5-6H,4H2,1-3H3. The van der Waals surface area contributed by atoms with Crippen LogP contribution in [-0.2, 0) is 9.53 Å². The van der Waals surface area contributed by atoms with Gasteiger partial charge in [-0.2, -0.15) is 0 Å². The van der Waals surface area contributed by atoms with Crippen molar-refractivity contribution in [2.45, 2.75) is 26.9 Å². The van der Waals surface area contributed by atoms with Gasteiger partial charge in [0.25, 0.3) is 0 Å². The van der Waals surface area contributed by atoms with E-state index in [0.29, 0.717) is 5.88 Å². The number of esters is 1. The molecule has 0 fully saturated rings. The first-order valence-corrected chi connectivity index (χ1v) is 3.84. The molecule has 0 aliphatic carbocycles. The van der Waals surface area contributed by atoms with E-state index >= 15 is 0 Å². The van der Waals surface area contributed by atoms with Crippen LogP contribution in [0, 0.1) is 5.92 Å². The van der Waals surface area contributed by atoms with Crippen LogP contribution in [0.2, 0.25) is 0 Å². The lowest BCUT2D eigenvalue weighted by atomic mass is 10.1. The number of carbonyl (C=O) groups is 1. The molecular formula is C7H13ClO2. The zero-order chi connectivity index (χ0) is 8.15. The molecule has 10 heavy (non-hydrogen) atoms. The summed E-state index contributed by atoms with van der Waals surface area (Å²) in [5.74, 6) is 0.504. The molecule has 2 unspecified atom stereocenters. The Morgan fingerprint density at radius 1 is 1.60 bits per heavy atom. The average molecular weight is 165 g/mol. The highest BCUT2D eigenvalue weighted by atomic mass is 35.5. The second-order valence-corrected chi connectivity index (χ2v) is 2.75. The molecule has 2 nitrogen and oxygen atoms in total. The number of hydrogen-bond donors (Lipinski definition) is 0. The largest absolute Gasteiger partial charge is 0.463 e. The second-order valence-electron chi connectivity index (χ2n) is 2.45. The van der Waals surface area contributed by atoms with Crippen LogP contribution < -0.4 is 0 Å². The summed E-state index contributed by atoms with van der Waals surface area (Å²) >= 11 is 5.54. The summed E-state index contributed by atoms with van der Waals surface area (Å²) in [6.07, 6.45) is -0.0741. The molecule has 60 valence electrons. The molecule has 0 aromatic carbocycles. The van der Waals surface area contributed by atoms with Gasteiger partial charge in [-0.05, 0) is 6.92 Å². The van der Waals surface area contributed by atoms with Crippen LogP contribution in [0.25, 0.3) is 0 Å². The second kappa shape index (κ2) is 4.56. The van der Waals surface area contributed by atoms with Gasteiger partial charge in [-0.1, -0.05) is 6.92 Å². The average Bonchev–Trinajstić information content (AvgIpc) is 1.85. The van der Waals surface area contributed by atoms with Crippen molar-refractivity contribution in [2.75, 3.05) is 5.88 Å². The SMILES string of the molecule is CC(=O)OC(C)C(C)CCl. The van der Waals surface area contributed by atoms with Crippen LogP contribution in [0.3, 0.4) is 0 Å². The van der Waals surface area contributed by atoms with Gasteiger partial charge >= 0.3 is 5.97 Å². The number of hydrogen-bond acceptors (Lipinski definition) is 2. The highest BCUT2D eigenvalue weighted by Crippen LogP contribution is 2.08. The fourth-order valence-corrected chi connectivity index (χ4v) is 0.754. The van der Waals surface area contributed by atoms with Crippen molar-refractivity contribution in [1.29, 1.82) is 0 Å². The van der Waals surface area contributed by atoms with E-state index in [1.807, 2.05) is 13.8 Å². The summed E-state index contributed by atoms with van der Waals surface area (Å²) in [6.45, 7) is 5.19. The molecule has 0 saturated heterocycles. The minimum atomic E-state index is -0.246. The molecule has 0 N–H and O–H groups in total. The molecule has 0 bridgehead atoms. The normalized spacial score (nSPS) is 16.0. The maximum Gasteiger partial charge on any atom is 0.302 e. The van der Waals surface area contributed by atoms with Crippen molar-refractivity contribution < 1.29 is 9.53 Å². The van der Waals surface area contributed by atoms with E-state index < -0.39 is 0 Å². The van der Waals surface area contributed by atoms with Gasteiger partial charge in [-0.25, -0.2) is 0 Å². The van der Waals surface area contributed by atoms with Gasteiger partial charge in [0.05, 0.1) is 0 Å². The monoisotopic (exact) mass is 164 g/mol. The topological polar surface area (TPSA) is 26.3 Å². The molecular weight excluding hydrogens is 152 g/mol. The maximum absolute atomic E-state index is 10.4. The Morgan fingerprint density at radius 3 is 2.40 bits per heavy atom. The Morgan fingerprint density at radius 2 is 2.10 bits per heavy atom. The predicted molar refractivity (Wildman–Crippen MR) is 41.1 cm³/mol. The number of alkyl halides is 1. The van der Waals surface area contributed by atoms with Gasteiger partial charge in [0.15, 0.2) is 0 Å². The van der Waals surface area contributed by atoms with Crippen molar-refractivity contribution >= 4 is 17.6 Å². The molecule has 0 aliphatic rings. The van der Waals surface area contributed by atoms with Crippen LogP contribution in [0.5, 0.6) is 0 Å². The van der Waals surface area contributed by atoms with Crippen molar-refractivity contribution in [3.05, 3.63) is 0 Å². The van der Waals surface area contributed by atoms with E-state index in [1.165, 1.54) is 6.92 Å². The maximum atomic E-state index is 10.4. The minimum Gasteiger partial charge on any atom is -0.463 e. The van der Waals surface area contributed by atoms with Crippen molar-refractivity contribution in [3.8, 4) is 0 Å². The fourth-order valence-electron chi connectivity index (χ4n) is 0.503. The first-order chi connectivity index (χ1) is 4.57. The van der Waals surface area contributed by atoms with Crippen LogP contribution >= 0.6 is 11.6 Å². The first kappa shape index (κ1) is 9.76. The smallest absolute Gasteiger partial charge is 0.302 e. The van der Waals surface area contributed by atoms with Gasteiger partial charge in [0, 0.05) is 18.7 Å². The van der Waals surface area contributed by atoms with E-state index in [2.05, 4.69) is 0 Å². The first-order valence-electron chi connectivity index (χ1n) is 3.31. The van der Waals surface area contributed by atoms with Crippen LogP contribution in [0.4, 0.5) is 0 Å². The van der Waals surface area contributed by atoms with E-state index in [4.69, 9.17) is 16.3 Å². The fraction of sp³-hybridized carbons (Fsp3) is 0.857. The van der Waals surface area contributed by atoms with Crippen molar-refractivity contribution in [3.63, 3.8) is 0 Å². The number of halogens is 1. The minimum absolute atomic E-state index is 0.0741. The van der Waals surface area contributed by atoms with Gasteiger partial charge in [-0.3, -0.25) is 4.79 Å². The predicted octanol–water partition coefficient (Wildman–Crippen LogP) is 1.81. The molecule has 0 spiro atoms. The van der Waals surface area contributed by atoms with E-state index in [1.54, 1.807) is 0 Å². The molecule has 0 radical (unpaired) electrons. The molecule has 0 heterocycles. The van der Waals surface area contributed by atoms with E-state index in [-0.39, 0.29) is 18.0 Å². The zero-order valence-electron chi connectivity index (χ0n) is 6.56. The molecule has 0 rings (SSSR count). The third-order valence-corrected chi connectivity index (χ3v) is 1.88. The Kier molecular flexibility index (Phi) is 4.45. The zero-order valence-corrected chi connectivity index (χ0v) is 7.31.